The molecule has 1 aromatic rings. The molecule has 10 heteroatoms. The minimum absolute atomic E-state index is 0.0258. The Balaban J connectivity index is 1.28. The van der Waals surface area contributed by atoms with Crippen molar-refractivity contribution in [1.29, 1.82) is 10.5 Å². The number of dihydropyridines is 1. The van der Waals surface area contributed by atoms with Crippen molar-refractivity contribution in [3.63, 3.8) is 0 Å². The first-order chi connectivity index (χ1) is 22.8. The minimum atomic E-state index is -1.08. The van der Waals surface area contributed by atoms with Crippen LogP contribution in [0.25, 0.3) is 5.57 Å². The number of benzene rings is 1. The van der Waals surface area contributed by atoms with Gasteiger partial charge in [0, 0.05) is 36.8 Å². The molecule has 3 saturated heterocycles. The molecule has 6 aliphatic rings. The van der Waals surface area contributed by atoms with E-state index in [1.54, 1.807) is 6.08 Å². The Labute approximate surface area is 275 Å². The molecular formula is C37H40F2N6O2. The lowest BCUT2D eigenvalue weighted by atomic mass is 9.79. The van der Waals surface area contributed by atoms with Crippen molar-refractivity contribution in [2.45, 2.75) is 75.4 Å². The summed E-state index contributed by atoms with van der Waals surface area (Å²) in [4.78, 5) is 23.4. The highest BCUT2D eigenvalue weighted by atomic mass is 19.1. The number of hydrogen-bond acceptors (Lipinski definition) is 7. The zero-order valence-corrected chi connectivity index (χ0v) is 26.7. The zero-order chi connectivity index (χ0) is 32.7. The summed E-state index contributed by atoms with van der Waals surface area (Å²) in [7, 11) is 0. The highest BCUT2D eigenvalue weighted by Crippen LogP contribution is 2.44. The van der Waals surface area contributed by atoms with Crippen LogP contribution in [0.2, 0.25) is 0 Å². The molecule has 0 saturated carbocycles. The maximum atomic E-state index is 16.3. The Morgan fingerprint density at radius 1 is 1.09 bits per heavy atom. The smallest absolute Gasteiger partial charge is 0.282 e. The van der Waals surface area contributed by atoms with Gasteiger partial charge in [-0.15, -0.1) is 0 Å². The third-order valence-corrected chi connectivity index (χ3v) is 11.1. The number of halogens is 2. The summed E-state index contributed by atoms with van der Waals surface area (Å²) in [6.45, 7) is 6.25. The Kier molecular flexibility index (Phi) is 8.48. The monoisotopic (exact) mass is 638 g/mol. The normalized spacial score (nSPS) is 26.6. The average molecular weight is 639 g/mol. The topological polar surface area (TPSA) is 96.0 Å². The molecule has 2 unspecified atom stereocenters. The van der Waals surface area contributed by atoms with Crippen LogP contribution in [0.4, 0.5) is 8.78 Å². The lowest BCUT2D eigenvalue weighted by Crippen LogP contribution is -2.56. The van der Waals surface area contributed by atoms with Gasteiger partial charge in [-0.1, -0.05) is 24.8 Å². The van der Waals surface area contributed by atoms with Crippen molar-refractivity contribution in [2.24, 2.45) is 10.9 Å². The van der Waals surface area contributed by atoms with E-state index in [0.717, 1.165) is 70.0 Å². The molecule has 0 radical (unpaired) electrons. The van der Waals surface area contributed by atoms with Gasteiger partial charge in [0.25, 0.3) is 5.91 Å². The number of rotatable bonds is 6. The SMILES string of the molecule is C=C(F)C(=O)N1CCN(C2=C(C#N)C(OCC34CCCN3CCC4)=NC3C=C(c4cccc5c4CCCC5)C(F)=CC23)C[C@@H]1CC#N. The number of aryl methyl sites for hydroxylation is 1. The molecule has 0 bridgehead atoms. The minimum Gasteiger partial charge on any atom is -0.475 e. The highest BCUT2D eigenvalue weighted by molar-refractivity contribution is 6.00. The molecule has 7 rings (SSSR count). The number of ether oxygens (including phenoxy) is 1. The van der Waals surface area contributed by atoms with E-state index >= 15 is 4.39 Å². The molecule has 0 aromatic heterocycles. The van der Waals surface area contributed by atoms with Crippen LogP contribution in [-0.4, -0.2) is 83.5 Å². The molecule has 4 aliphatic heterocycles. The summed E-state index contributed by atoms with van der Waals surface area (Å²) in [6, 6.07) is 9.41. The van der Waals surface area contributed by atoms with E-state index in [-0.39, 0.29) is 48.9 Å². The molecule has 3 fully saturated rings. The number of hydrogen-bond donors (Lipinski definition) is 0. The maximum Gasteiger partial charge on any atom is 0.282 e. The number of nitrogens with zero attached hydrogens (tertiary/aromatic N) is 6. The van der Waals surface area contributed by atoms with Gasteiger partial charge in [-0.05, 0) is 93.3 Å². The number of nitriles is 2. The van der Waals surface area contributed by atoms with Gasteiger partial charge in [0.2, 0.25) is 5.90 Å². The quantitative estimate of drug-likeness (QED) is 0.380. The third-order valence-electron chi connectivity index (χ3n) is 11.1. The van der Waals surface area contributed by atoms with Crippen molar-refractivity contribution in [3.8, 4) is 12.1 Å². The first-order valence-electron chi connectivity index (χ1n) is 16.9. The number of piperazine rings is 1. The molecule has 3 atom stereocenters. The van der Waals surface area contributed by atoms with Crippen molar-refractivity contribution < 1.29 is 18.3 Å². The summed E-state index contributed by atoms with van der Waals surface area (Å²) in [5, 5.41) is 20.2. The lowest BCUT2D eigenvalue weighted by Gasteiger charge is -2.45. The van der Waals surface area contributed by atoms with E-state index in [4.69, 9.17) is 9.73 Å². The summed E-state index contributed by atoms with van der Waals surface area (Å²) < 4.78 is 36.8. The average Bonchev–Trinajstić information content (AvgIpc) is 3.67. The maximum absolute atomic E-state index is 16.3. The van der Waals surface area contributed by atoms with Crippen LogP contribution in [0.15, 0.2) is 64.8 Å². The highest BCUT2D eigenvalue weighted by Gasteiger charge is 2.47. The number of carbonyl (C=O) groups excluding carboxylic acids is 1. The molecule has 1 aromatic carbocycles. The number of amides is 1. The standard InChI is InChI=1S/C37H40F2N6O2/c1-24(38)36(46)45-18-17-43(22-26(45)11-14-40)34-30-19-32(39)29(28-10-4-8-25-7-2-3-9-27(25)28)20-33(30)42-35(31(34)21-41)47-23-37-12-5-15-44(37)16-6-13-37/h4,8,10,19-20,26,30,33H,1-3,5-7,9,11-13,15-18,22-23H2/t26-,30?,33?/m0/s1. The van der Waals surface area contributed by atoms with Crippen molar-refractivity contribution >= 4 is 17.4 Å². The number of allylic oxidation sites excluding steroid dienone is 2. The van der Waals surface area contributed by atoms with Crippen LogP contribution in [-0.2, 0) is 22.4 Å². The van der Waals surface area contributed by atoms with Gasteiger partial charge in [0.1, 0.15) is 24.1 Å². The van der Waals surface area contributed by atoms with E-state index in [1.807, 2.05) is 23.1 Å². The number of fused-ring (bicyclic) bond motifs is 3. The van der Waals surface area contributed by atoms with Crippen molar-refractivity contribution in [3.05, 3.63) is 76.5 Å². The van der Waals surface area contributed by atoms with E-state index in [2.05, 4.69) is 29.7 Å². The molecule has 0 N–H and O–H groups in total. The fourth-order valence-corrected chi connectivity index (χ4v) is 8.81. The summed E-state index contributed by atoms with van der Waals surface area (Å²) in [6.07, 6.45) is 11.8. The van der Waals surface area contributed by atoms with Gasteiger partial charge >= 0.3 is 0 Å². The molecule has 8 nitrogen and oxygen atoms in total. The molecule has 4 heterocycles. The number of aliphatic imine (C=N–C) groups is 1. The first kappa shape index (κ1) is 31.3. The van der Waals surface area contributed by atoms with Gasteiger partial charge in [0.15, 0.2) is 5.83 Å². The van der Waals surface area contributed by atoms with Gasteiger partial charge < -0.3 is 14.5 Å². The van der Waals surface area contributed by atoms with Crippen LogP contribution in [0, 0.1) is 28.6 Å². The van der Waals surface area contributed by atoms with E-state index in [0.29, 0.717) is 17.9 Å². The third kappa shape index (κ3) is 5.57. The Bertz CT molecular complexity index is 1690. The van der Waals surface area contributed by atoms with Crippen LogP contribution < -0.4 is 0 Å². The number of carbonyl (C=O) groups is 1. The fraction of sp³-hybridized carbons (Fsp3) is 0.514. The summed E-state index contributed by atoms with van der Waals surface area (Å²) in [5.41, 5.74) is 4.61. The van der Waals surface area contributed by atoms with Crippen LogP contribution in [0.3, 0.4) is 0 Å². The molecule has 1 amide bonds. The summed E-state index contributed by atoms with van der Waals surface area (Å²) >= 11 is 0. The van der Waals surface area contributed by atoms with Crippen LogP contribution >= 0.6 is 0 Å². The Morgan fingerprint density at radius 3 is 2.62 bits per heavy atom. The molecule has 47 heavy (non-hydrogen) atoms. The molecule has 244 valence electrons. The van der Waals surface area contributed by atoms with E-state index in [1.165, 1.54) is 16.0 Å². The Morgan fingerprint density at radius 2 is 1.87 bits per heavy atom. The van der Waals surface area contributed by atoms with E-state index < -0.39 is 29.7 Å². The second-order valence-corrected chi connectivity index (χ2v) is 13.6. The van der Waals surface area contributed by atoms with Crippen molar-refractivity contribution in [2.75, 3.05) is 39.3 Å². The predicted molar refractivity (Wildman–Crippen MR) is 174 cm³/mol. The lowest BCUT2D eigenvalue weighted by molar-refractivity contribution is -0.133. The largest absolute Gasteiger partial charge is 0.475 e. The van der Waals surface area contributed by atoms with Crippen LogP contribution in [0.5, 0.6) is 0 Å². The van der Waals surface area contributed by atoms with Crippen molar-refractivity contribution in [1.82, 2.24) is 14.7 Å². The van der Waals surface area contributed by atoms with Gasteiger partial charge in [-0.25, -0.2) is 13.8 Å². The van der Waals surface area contributed by atoms with Gasteiger partial charge in [-0.2, -0.15) is 10.5 Å². The molecular weight excluding hydrogens is 598 g/mol. The second kappa shape index (κ2) is 12.7. The van der Waals surface area contributed by atoms with E-state index in [9.17, 15) is 19.7 Å². The molecule has 0 spiro atoms. The Hall–Kier alpha value is -4.28. The van der Waals surface area contributed by atoms with Gasteiger partial charge in [0.05, 0.1) is 30.1 Å². The summed E-state index contributed by atoms with van der Waals surface area (Å²) in [5.74, 6) is -2.61. The molecule has 2 aliphatic carbocycles. The second-order valence-electron chi connectivity index (χ2n) is 13.6. The first-order valence-corrected chi connectivity index (χ1v) is 16.9. The fourth-order valence-electron chi connectivity index (χ4n) is 8.81. The van der Waals surface area contributed by atoms with Gasteiger partial charge in [-0.3, -0.25) is 9.69 Å². The van der Waals surface area contributed by atoms with Crippen LogP contribution in [0.1, 0.15) is 61.6 Å². The predicted octanol–water partition coefficient (Wildman–Crippen LogP) is 5.55. The zero-order valence-electron chi connectivity index (χ0n) is 26.7.